The van der Waals surface area contributed by atoms with E-state index in [9.17, 15) is 4.39 Å². The molecule has 1 aromatic rings. The predicted molar refractivity (Wildman–Crippen MR) is 76.1 cm³/mol. The summed E-state index contributed by atoms with van der Waals surface area (Å²) < 4.78 is 19.1. The van der Waals surface area contributed by atoms with Crippen LogP contribution in [0.2, 0.25) is 0 Å². The van der Waals surface area contributed by atoms with Gasteiger partial charge >= 0.3 is 0 Å². The molecule has 2 rings (SSSR count). The van der Waals surface area contributed by atoms with Gasteiger partial charge in [0.2, 0.25) is 0 Å². The Morgan fingerprint density at radius 1 is 1.53 bits per heavy atom. The molecule has 1 atom stereocenters. The number of nitrogen functional groups attached to an aromatic ring is 1. The van der Waals surface area contributed by atoms with Crippen molar-refractivity contribution in [3.63, 3.8) is 0 Å². The van der Waals surface area contributed by atoms with Crippen molar-refractivity contribution in [3.05, 3.63) is 17.9 Å². The van der Waals surface area contributed by atoms with Crippen molar-refractivity contribution < 1.29 is 9.13 Å². The van der Waals surface area contributed by atoms with Crippen LogP contribution in [0.15, 0.2) is 12.1 Å². The molecule has 1 heterocycles. The van der Waals surface area contributed by atoms with E-state index in [1.54, 1.807) is 6.07 Å². The largest absolute Gasteiger partial charge is 0.490 e. The first-order valence-corrected chi connectivity index (χ1v) is 6.77. The highest BCUT2D eigenvalue weighted by molar-refractivity contribution is 5.69. The third-order valence-electron chi connectivity index (χ3n) is 3.32. The number of halogens is 1. The van der Waals surface area contributed by atoms with E-state index in [2.05, 4.69) is 17.3 Å². The summed E-state index contributed by atoms with van der Waals surface area (Å²) in [6.45, 7) is 4.54. The molecule has 0 bridgehead atoms. The molecule has 4 nitrogen and oxygen atoms in total. The normalized spacial score (nSPS) is 19.6. The third kappa shape index (κ3) is 3.50. The van der Waals surface area contributed by atoms with Crippen LogP contribution >= 0.6 is 0 Å². The predicted octanol–water partition coefficient (Wildman–Crippen LogP) is 2.31. The lowest BCUT2D eigenvalue weighted by molar-refractivity contribution is 0.301. The van der Waals surface area contributed by atoms with E-state index < -0.39 is 5.82 Å². The molecule has 1 aliphatic heterocycles. The van der Waals surface area contributed by atoms with Crippen molar-refractivity contribution in [3.8, 4) is 5.75 Å². The van der Waals surface area contributed by atoms with E-state index in [4.69, 9.17) is 10.5 Å². The molecule has 5 heteroatoms. The summed E-state index contributed by atoms with van der Waals surface area (Å²) in [6, 6.07) is 3.35. The van der Waals surface area contributed by atoms with Gasteiger partial charge in [0.25, 0.3) is 0 Å². The molecule has 1 fully saturated rings. The van der Waals surface area contributed by atoms with Gasteiger partial charge in [-0.05, 0) is 26.4 Å². The molecule has 1 aromatic carbocycles. The summed E-state index contributed by atoms with van der Waals surface area (Å²) in [5, 5.41) is 3.37. The third-order valence-corrected chi connectivity index (χ3v) is 3.32. The zero-order chi connectivity index (χ0) is 13.8. The van der Waals surface area contributed by atoms with E-state index in [1.165, 1.54) is 6.07 Å². The van der Waals surface area contributed by atoms with Crippen LogP contribution in [-0.4, -0.2) is 37.7 Å². The van der Waals surface area contributed by atoms with Crippen LogP contribution in [0.3, 0.4) is 0 Å². The number of nitrogens with one attached hydrogen (secondary N) is 1. The molecule has 1 aliphatic rings. The summed E-state index contributed by atoms with van der Waals surface area (Å²) in [5.41, 5.74) is 7.04. The first-order chi connectivity index (χ1) is 9.10. The maximum Gasteiger partial charge on any atom is 0.167 e. The molecule has 0 radical (unpaired) electrons. The molecule has 0 saturated carbocycles. The van der Waals surface area contributed by atoms with Crippen molar-refractivity contribution in [1.82, 2.24) is 4.90 Å². The minimum absolute atomic E-state index is 0.268. The van der Waals surface area contributed by atoms with Gasteiger partial charge in [0.05, 0.1) is 18.0 Å². The second kappa shape index (κ2) is 6.10. The highest BCUT2D eigenvalue weighted by Gasteiger charge is 2.20. The van der Waals surface area contributed by atoms with Gasteiger partial charge in [-0.3, -0.25) is 0 Å². The van der Waals surface area contributed by atoms with Crippen LogP contribution in [-0.2, 0) is 0 Å². The highest BCUT2D eigenvalue weighted by atomic mass is 19.1. The Hall–Kier alpha value is -1.49. The molecule has 1 saturated heterocycles. The Labute approximate surface area is 113 Å². The molecule has 0 spiro atoms. The Balaban J connectivity index is 2.10. The van der Waals surface area contributed by atoms with Crippen LogP contribution in [0.5, 0.6) is 5.75 Å². The minimum atomic E-state index is -0.403. The van der Waals surface area contributed by atoms with Gasteiger partial charge in [-0.15, -0.1) is 0 Å². The Morgan fingerprint density at radius 2 is 2.32 bits per heavy atom. The van der Waals surface area contributed by atoms with E-state index in [0.29, 0.717) is 18.3 Å². The van der Waals surface area contributed by atoms with Gasteiger partial charge in [0, 0.05) is 24.7 Å². The number of rotatable bonds is 5. The lowest BCUT2D eigenvalue weighted by Crippen LogP contribution is -2.24. The average molecular weight is 267 g/mol. The van der Waals surface area contributed by atoms with Crippen molar-refractivity contribution in [1.29, 1.82) is 0 Å². The molecule has 0 aromatic heterocycles. The van der Waals surface area contributed by atoms with Gasteiger partial charge in [0.15, 0.2) is 11.6 Å². The molecule has 3 N–H and O–H groups in total. The fraction of sp³-hybridized carbons (Fsp3) is 0.571. The number of hydrogen-bond acceptors (Lipinski definition) is 4. The molecular weight excluding hydrogens is 245 g/mol. The summed E-state index contributed by atoms with van der Waals surface area (Å²) in [5.74, 6) is -0.134. The number of nitrogens with zero attached hydrogens (tertiary/aromatic N) is 1. The van der Waals surface area contributed by atoms with Gasteiger partial charge in [0.1, 0.15) is 0 Å². The van der Waals surface area contributed by atoms with E-state index >= 15 is 0 Å². The number of benzene rings is 1. The number of anilines is 2. The molecule has 0 aliphatic carbocycles. The molecule has 1 unspecified atom stereocenters. The van der Waals surface area contributed by atoms with Gasteiger partial charge in [-0.1, -0.05) is 6.92 Å². The second-order valence-electron chi connectivity index (χ2n) is 5.11. The van der Waals surface area contributed by atoms with Gasteiger partial charge in [-0.2, -0.15) is 0 Å². The standard InChI is InChI=1S/C14H22FN3O/c1-3-6-19-14-8-13(12(16)7-11(14)15)17-10-4-5-18(2)9-10/h7-8,10,17H,3-6,9,16H2,1-2H3. The van der Waals surface area contributed by atoms with Crippen molar-refractivity contribution in [2.24, 2.45) is 0 Å². The van der Waals surface area contributed by atoms with Gasteiger partial charge < -0.3 is 20.7 Å². The fourth-order valence-corrected chi connectivity index (χ4v) is 2.29. The van der Waals surface area contributed by atoms with E-state index in [0.717, 1.165) is 31.6 Å². The van der Waals surface area contributed by atoms with Crippen LogP contribution in [0, 0.1) is 5.82 Å². The summed E-state index contributed by atoms with van der Waals surface area (Å²) in [7, 11) is 2.09. The second-order valence-corrected chi connectivity index (χ2v) is 5.11. The van der Waals surface area contributed by atoms with Crippen LogP contribution < -0.4 is 15.8 Å². The zero-order valence-corrected chi connectivity index (χ0v) is 11.6. The van der Waals surface area contributed by atoms with E-state index in [-0.39, 0.29) is 5.75 Å². The van der Waals surface area contributed by atoms with E-state index in [1.807, 2.05) is 6.92 Å². The van der Waals surface area contributed by atoms with Crippen LogP contribution in [0.1, 0.15) is 19.8 Å². The number of ether oxygens (including phenoxy) is 1. The van der Waals surface area contributed by atoms with Crippen LogP contribution in [0.25, 0.3) is 0 Å². The first-order valence-electron chi connectivity index (χ1n) is 6.77. The minimum Gasteiger partial charge on any atom is -0.490 e. The number of likely N-dealkylation sites (N-methyl/N-ethyl adjacent to an activating group) is 1. The Morgan fingerprint density at radius 3 is 2.95 bits per heavy atom. The average Bonchev–Trinajstić information content (AvgIpc) is 2.77. The summed E-state index contributed by atoms with van der Waals surface area (Å²) >= 11 is 0. The van der Waals surface area contributed by atoms with Crippen molar-refractivity contribution in [2.45, 2.75) is 25.8 Å². The lowest BCUT2D eigenvalue weighted by Gasteiger charge is -2.17. The van der Waals surface area contributed by atoms with Gasteiger partial charge in [-0.25, -0.2) is 4.39 Å². The first kappa shape index (κ1) is 13.9. The summed E-state index contributed by atoms with van der Waals surface area (Å²) in [4.78, 5) is 2.26. The Kier molecular flexibility index (Phi) is 4.47. The molecule has 106 valence electrons. The Bertz CT molecular complexity index is 439. The topological polar surface area (TPSA) is 50.5 Å². The lowest BCUT2D eigenvalue weighted by atomic mass is 10.2. The maximum absolute atomic E-state index is 13.7. The number of nitrogens with two attached hydrogens (primary N) is 1. The van der Waals surface area contributed by atoms with Crippen LogP contribution in [0.4, 0.5) is 15.8 Å². The van der Waals surface area contributed by atoms with Crippen molar-refractivity contribution >= 4 is 11.4 Å². The fourth-order valence-electron chi connectivity index (χ4n) is 2.29. The maximum atomic E-state index is 13.7. The SMILES string of the molecule is CCCOc1cc(NC2CCN(C)C2)c(N)cc1F. The highest BCUT2D eigenvalue weighted by Crippen LogP contribution is 2.29. The quantitative estimate of drug-likeness (QED) is 0.804. The zero-order valence-electron chi connectivity index (χ0n) is 11.6. The number of hydrogen-bond donors (Lipinski definition) is 2. The number of likely N-dealkylation sites (tertiary alicyclic amines) is 1. The summed E-state index contributed by atoms with van der Waals surface area (Å²) in [6.07, 6.45) is 1.92. The smallest absolute Gasteiger partial charge is 0.167 e. The monoisotopic (exact) mass is 267 g/mol. The van der Waals surface area contributed by atoms with Crippen molar-refractivity contribution in [2.75, 3.05) is 37.8 Å². The molecule has 19 heavy (non-hydrogen) atoms. The molecular formula is C14H22FN3O. The molecule has 0 amide bonds.